The zero-order valence-electron chi connectivity index (χ0n) is 7.53. The van der Waals surface area contributed by atoms with E-state index in [2.05, 4.69) is 16.1 Å². The molecule has 70 valence electrons. The minimum atomic E-state index is 0.586. The molecule has 4 nitrogen and oxygen atoms in total. The summed E-state index contributed by atoms with van der Waals surface area (Å²) >= 11 is 1.51. The Balaban J connectivity index is 2.75. The Morgan fingerprint density at radius 1 is 1.62 bits per heavy atom. The third kappa shape index (κ3) is 2.47. The van der Waals surface area contributed by atoms with Crippen molar-refractivity contribution in [3.8, 4) is 12.3 Å². The number of aromatic nitrogens is 3. The van der Waals surface area contributed by atoms with Crippen LogP contribution in [0.1, 0.15) is 5.82 Å². The molecule has 0 radical (unpaired) electrons. The third-order valence-corrected chi connectivity index (χ3v) is 2.41. The molecule has 5 heteroatoms. The van der Waals surface area contributed by atoms with Crippen LogP contribution in [0.4, 0.5) is 0 Å². The summed E-state index contributed by atoms with van der Waals surface area (Å²) in [6.45, 7) is 3.23. The molecular weight excluding hydrogens is 184 g/mol. The van der Waals surface area contributed by atoms with Gasteiger partial charge in [-0.25, -0.2) is 0 Å². The Kier molecular flexibility index (Phi) is 3.80. The van der Waals surface area contributed by atoms with Crippen LogP contribution in [0.5, 0.6) is 0 Å². The van der Waals surface area contributed by atoms with Gasteiger partial charge in [0.05, 0.1) is 5.75 Å². The van der Waals surface area contributed by atoms with Crippen LogP contribution in [-0.2, 0) is 6.54 Å². The average molecular weight is 196 g/mol. The predicted molar refractivity (Wildman–Crippen MR) is 53.4 cm³/mol. The van der Waals surface area contributed by atoms with E-state index < -0.39 is 0 Å². The van der Waals surface area contributed by atoms with Gasteiger partial charge in [-0.05, 0) is 6.92 Å². The molecule has 2 N–H and O–H groups in total. The van der Waals surface area contributed by atoms with Crippen molar-refractivity contribution >= 4 is 11.8 Å². The normalized spacial score (nSPS) is 9.92. The Hall–Kier alpha value is -0.990. The number of aryl methyl sites for hydroxylation is 1. The van der Waals surface area contributed by atoms with Crippen LogP contribution < -0.4 is 5.73 Å². The van der Waals surface area contributed by atoms with Gasteiger partial charge in [0.1, 0.15) is 5.82 Å². The molecule has 0 aliphatic carbocycles. The van der Waals surface area contributed by atoms with Crippen LogP contribution in [0, 0.1) is 19.3 Å². The standard InChI is InChI=1S/C8H12N4S/c1-3-6-13-8-11-10-7(2)12(8)5-4-9/h1H,4-6,9H2,2H3. The monoisotopic (exact) mass is 196 g/mol. The molecule has 0 fully saturated rings. The van der Waals surface area contributed by atoms with Gasteiger partial charge in [0.2, 0.25) is 0 Å². The number of hydrogen-bond acceptors (Lipinski definition) is 4. The SMILES string of the molecule is C#CCSc1nnc(C)n1CCN. The Bertz CT molecular complexity index is 312. The first-order valence-corrected chi connectivity index (χ1v) is 4.94. The van der Waals surface area contributed by atoms with Crippen molar-refractivity contribution in [2.75, 3.05) is 12.3 Å². The van der Waals surface area contributed by atoms with Gasteiger partial charge in [-0.1, -0.05) is 17.7 Å². The van der Waals surface area contributed by atoms with Crippen molar-refractivity contribution in [1.29, 1.82) is 0 Å². The Morgan fingerprint density at radius 3 is 3.00 bits per heavy atom. The van der Waals surface area contributed by atoms with Gasteiger partial charge >= 0.3 is 0 Å². The van der Waals surface area contributed by atoms with E-state index in [1.165, 1.54) is 11.8 Å². The van der Waals surface area contributed by atoms with Crippen molar-refractivity contribution in [1.82, 2.24) is 14.8 Å². The van der Waals surface area contributed by atoms with Crippen LogP contribution in [0.25, 0.3) is 0 Å². The highest BCUT2D eigenvalue weighted by atomic mass is 32.2. The zero-order valence-corrected chi connectivity index (χ0v) is 8.34. The number of nitrogens with two attached hydrogens (primary N) is 1. The summed E-state index contributed by atoms with van der Waals surface area (Å²) < 4.78 is 1.97. The maximum Gasteiger partial charge on any atom is 0.192 e. The lowest BCUT2D eigenvalue weighted by atomic mass is 10.6. The summed E-state index contributed by atoms with van der Waals surface area (Å²) in [5, 5.41) is 8.80. The molecule has 0 amide bonds. The second kappa shape index (κ2) is 4.90. The molecule has 1 aromatic heterocycles. The van der Waals surface area contributed by atoms with E-state index in [4.69, 9.17) is 12.2 Å². The second-order valence-electron chi connectivity index (χ2n) is 2.46. The number of nitrogens with zero attached hydrogens (tertiary/aromatic N) is 3. The summed E-state index contributed by atoms with van der Waals surface area (Å²) in [6, 6.07) is 0. The molecule has 13 heavy (non-hydrogen) atoms. The van der Waals surface area contributed by atoms with Crippen molar-refractivity contribution in [3.05, 3.63) is 5.82 Å². The van der Waals surface area contributed by atoms with Gasteiger partial charge in [0.15, 0.2) is 5.16 Å². The van der Waals surface area contributed by atoms with Crippen LogP contribution in [0.3, 0.4) is 0 Å². The maximum absolute atomic E-state index is 5.46. The lowest BCUT2D eigenvalue weighted by Gasteiger charge is -2.04. The van der Waals surface area contributed by atoms with Crippen LogP contribution in [0.2, 0.25) is 0 Å². The number of hydrogen-bond donors (Lipinski definition) is 1. The first-order valence-electron chi connectivity index (χ1n) is 3.95. The van der Waals surface area contributed by atoms with Crippen molar-refractivity contribution in [3.63, 3.8) is 0 Å². The molecule has 0 aliphatic heterocycles. The predicted octanol–water partition coefficient (Wildman–Crippen LogP) is 0.271. The maximum atomic E-state index is 5.46. The number of thioether (sulfide) groups is 1. The fourth-order valence-corrected chi connectivity index (χ4v) is 1.65. The second-order valence-corrected chi connectivity index (χ2v) is 3.41. The van der Waals surface area contributed by atoms with E-state index in [0.29, 0.717) is 12.3 Å². The van der Waals surface area contributed by atoms with Gasteiger partial charge < -0.3 is 10.3 Å². The van der Waals surface area contributed by atoms with Crippen LogP contribution >= 0.6 is 11.8 Å². The van der Waals surface area contributed by atoms with Crippen LogP contribution in [-0.4, -0.2) is 27.1 Å². The minimum absolute atomic E-state index is 0.586. The highest BCUT2D eigenvalue weighted by molar-refractivity contribution is 7.99. The Labute approximate surface area is 81.9 Å². The molecular formula is C8H12N4S. The van der Waals surface area contributed by atoms with E-state index in [0.717, 1.165) is 17.5 Å². The molecule has 0 aromatic carbocycles. The summed E-state index contributed by atoms with van der Waals surface area (Å²) in [4.78, 5) is 0. The van der Waals surface area contributed by atoms with Crippen molar-refractivity contribution < 1.29 is 0 Å². The summed E-state index contributed by atoms with van der Waals surface area (Å²) in [5.41, 5.74) is 5.46. The molecule has 1 rings (SSSR count). The highest BCUT2D eigenvalue weighted by Gasteiger charge is 2.06. The fraction of sp³-hybridized carbons (Fsp3) is 0.500. The van der Waals surface area contributed by atoms with Crippen LogP contribution in [0.15, 0.2) is 5.16 Å². The number of terminal acetylenes is 1. The van der Waals surface area contributed by atoms with Gasteiger partial charge in [0.25, 0.3) is 0 Å². The molecule has 0 spiro atoms. The van der Waals surface area contributed by atoms with Gasteiger partial charge in [-0.2, -0.15) is 0 Å². The molecule has 1 heterocycles. The van der Waals surface area contributed by atoms with Gasteiger partial charge in [-0.3, -0.25) is 0 Å². The number of rotatable bonds is 4. The topological polar surface area (TPSA) is 56.7 Å². The lowest BCUT2D eigenvalue weighted by molar-refractivity contribution is 0.628. The summed E-state index contributed by atoms with van der Waals surface area (Å²) in [7, 11) is 0. The smallest absolute Gasteiger partial charge is 0.192 e. The van der Waals surface area contributed by atoms with Crippen molar-refractivity contribution in [2.24, 2.45) is 5.73 Å². The first-order chi connectivity index (χ1) is 6.29. The van der Waals surface area contributed by atoms with Gasteiger partial charge in [-0.15, -0.1) is 16.6 Å². The first kappa shape index (κ1) is 10.1. The lowest BCUT2D eigenvalue weighted by Crippen LogP contribution is -2.12. The van der Waals surface area contributed by atoms with E-state index in [9.17, 15) is 0 Å². The fourth-order valence-electron chi connectivity index (χ4n) is 0.961. The molecule has 1 aromatic rings. The highest BCUT2D eigenvalue weighted by Crippen LogP contribution is 2.15. The molecule has 0 bridgehead atoms. The van der Waals surface area contributed by atoms with E-state index >= 15 is 0 Å². The zero-order chi connectivity index (χ0) is 9.68. The molecule has 0 atom stereocenters. The van der Waals surface area contributed by atoms with E-state index in [1.54, 1.807) is 0 Å². The molecule has 0 saturated carbocycles. The summed E-state index contributed by atoms with van der Waals surface area (Å²) in [5.74, 6) is 4.04. The summed E-state index contributed by atoms with van der Waals surface area (Å²) in [6.07, 6.45) is 5.15. The van der Waals surface area contributed by atoms with Gasteiger partial charge in [0, 0.05) is 13.1 Å². The molecule has 0 aliphatic rings. The van der Waals surface area contributed by atoms with E-state index in [1.807, 2.05) is 11.5 Å². The molecule has 0 saturated heterocycles. The minimum Gasteiger partial charge on any atom is -0.329 e. The third-order valence-electron chi connectivity index (χ3n) is 1.54. The van der Waals surface area contributed by atoms with Crippen molar-refractivity contribution in [2.45, 2.75) is 18.6 Å². The molecule has 0 unspecified atom stereocenters. The Morgan fingerprint density at radius 2 is 2.38 bits per heavy atom. The largest absolute Gasteiger partial charge is 0.329 e. The quantitative estimate of drug-likeness (QED) is 0.555. The van der Waals surface area contributed by atoms with E-state index in [-0.39, 0.29) is 0 Å². The average Bonchev–Trinajstić information content (AvgIpc) is 2.46.